The molecule has 0 aromatic rings. The summed E-state index contributed by atoms with van der Waals surface area (Å²) in [6.07, 6.45) is 5.31. The van der Waals surface area contributed by atoms with Gasteiger partial charge in [-0.05, 0) is 18.8 Å². The third kappa shape index (κ3) is 4.07. The van der Waals surface area contributed by atoms with E-state index in [2.05, 4.69) is 13.2 Å². The Bertz CT molecular complexity index is 282. The van der Waals surface area contributed by atoms with Crippen molar-refractivity contribution in [1.29, 1.82) is 0 Å². The van der Waals surface area contributed by atoms with Gasteiger partial charge in [0.2, 0.25) is 10.0 Å². The Labute approximate surface area is 86.7 Å². The molecule has 14 heavy (non-hydrogen) atoms. The summed E-state index contributed by atoms with van der Waals surface area (Å²) in [6.45, 7) is 9.15. The zero-order valence-corrected chi connectivity index (χ0v) is 9.46. The first kappa shape index (κ1) is 13.4. The molecule has 2 N–H and O–H groups in total. The fourth-order valence-electron chi connectivity index (χ4n) is 1.50. The maximum absolute atomic E-state index is 11.3. The van der Waals surface area contributed by atoms with Crippen molar-refractivity contribution in [3.63, 3.8) is 0 Å². The minimum Gasteiger partial charge on any atom is -0.228 e. The number of sulfonamides is 1. The van der Waals surface area contributed by atoms with Crippen LogP contribution in [0, 0.1) is 5.92 Å². The minimum absolute atomic E-state index is 0.123. The molecule has 0 amide bonds. The van der Waals surface area contributed by atoms with E-state index in [1.165, 1.54) is 0 Å². The lowest BCUT2D eigenvalue weighted by Crippen LogP contribution is -2.34. The second kappa shape index (κ2) is 5.98. The van der Waals surface area contributed by atoms with Crippen molar-refractivity contribution < 1.29 is 8.42 Å². The smallest absolute Gasteiger partial charge is 0.212 e. The summed E-state index contributed by atoms with van der Waals surface area (Å²) in [5, 5.41) is 4.64. The molecule has 0 aromatic carbocycles. The van der Waals surface area contributed by atoms with Gasteiger partial charge in [-0.1, -0.05) is 25.5 Å². The van der Waals surface area contributed by atoms with E-state index in [-0.39, 0.29) is 5.92 Å². The van der Waals surface area contributed by atoms with Crippen molar-refractivity contribution in [2.24, 2.45) is 11.1 Å². The van der Waals surface area contributed by atoms with Crippen LogP contribution in [0.3, 0.4) is 0 Å². The van der Waals surface area contributed by atoms with Crippen molar-refractivity contribution in [2.75, 3.05) is 0 Å². The van der Waals surface area contributed by atoms with Crippen molar-refractivity contribution in [1.82, 2.24) is 0 Å². The lowest BCUT2D eigenvalue weighted by molar-refractivity contribution is 0.516. The van der Waals surface area contributed by atoms with E-state index in [4.69, 9.17) is 5.14 Å². The summed E-state index contributed by atoms with van der Waals surface area (Å²) in [5.74, 6) is -0.123. The number of hydrogen-bond acceptors (Lipinski definition) is 2. The SMILES string of the molecule is C=CC[C@@H](C=C)[C@H](CCC)S(N)(=O)=O. The van der Waals surface area contributed by atoms with E-state index >= 15 is 0 Å². The Hall–Kier alpha value is -0.610. The van der Waals surface area contributed by atoms with E-state index in [9.17, 15) is 8.42 Å². The van der Waals surface area contributed by atoms with Gasteiger partial charge in [0.15, 0.2) is 0 Å². The lowest BCUT2D eigenvalue weighted by Gasteiger charge is -2.20. The molecule has 0 aliphatic rings. The Kier molecular flexibility index (Phi) is 5.72. The summed E-state index contributed by atoms with van der Waals surface area (Å²) in [6, 6.07) is 0. The summed E-state index contributed by atoms with van der Waals surface area (Å²) < 4.78 is 22.6. The summed E-state index contributed by atoms with van der Waals surface area (Å²) >= 11 is 0. The van der Waals surface area contributed by atoms with Crippen molar-refractivity contribution >= 4 is 10.0 Å². The lowest BCUT2D eigenvalue weighted by atomic mass is 9.98. The highest BCUT2D eigenvalue weighted by Crippen LogP contribution is 2.20. The third-order valence-electron chi connectivity index (χ3n) is 2.21. The van der Waals surface area contributed by atoms with E-state index < -0.39 is 15.3 Å². The van der Waals surface area contributed by atoms with Crippen molar-refractivity contribution in [3.8, 4) is 0 Å². The number of rotatable bonds is 7. The molecule has 0 bridgehead atoms. The van der Waals surface area contributed by atoms with Crippen molar-refractivity contribution in [3.05, 3.63) is 25.3 Å². The molecule has 0 aromatic heterocycles. The van der Waals surface area contributed by atoms with E-state index in [1.807, 2.05) is 6.92 Å². The van der Waals surface area contributed by atoms with Crippen LogP contribution in [-0.4, -0.2) is 13.7 Å². The highest BCUT2D eigenvalue weighted by molar-refractivity contribution is 7.89. The van der Waals surface area contributed by atoms with Gasteiger partial charge in [-0.25, -0.2) is 13.6 Å². The largest absolute Gasteiger partial charge is 0.228 e. The van der Waals surface area contributed by atoms with Crippen LogP contribution in [0.15, 0.2) is 25.3 Å². The van der Waals surface area contributed by atoms with E-state index in [0.29, 0.717) is 12.8 Å². The molecule has 0 spiro atoms. The highest BCUT2D eigenvalue weighted by atomic mass is 32.2. The summed E-state index contributed by atoms with van der Waals surface area (Å²) in [4.78, 5) is 0. The number of hydrogen-bond donors (Lipinski definition) is 1. The molecule has 0 fully saturated rings. The van der Waals surface area contributed by atoms with Gasteiger partial charge in [-0.2, -0.15) is 0 Å². The zero-order valence-electron chi connectivity index (χ0n) is 8.65. The molecular formula is C10H19NO2S. The monoisotopic (exact) mass is 217 g/mol. The second-order valence-corrected chi connectivity index (χ2v) is 5.12. The summed E-state index contributed by atoms with van der Waals surface area (Å²) in [7, 11) is -3.48. The number of primary sulfonamides is 1. The van der Waals surface area contributed by atoms with Crippen LogP contribution < -0.4 is 5.14 Å². The average molecular weight is 217 g/mol. The molecule has 0 rings (SSSR count). The topological polar surface area (TPSA) is 60.2 Å². The first-order valence-corrected chi connectivity index (χ1v) is 6.33. The molecule has 2 atom stereocenters. The predicted octanol–water partition coefficient (Wildman–Crippen LogP) is 1.82. The van der Waals surface area contributed by atoms with Gasteiger partial charge in [-0.3, -0.25) is 0 Å². The molecule has 82 valence electrons. The molecular weight excluding hydrogens is 198 g/mol. The molecule has 0 radical (unpaired) electrons. The normalized spacial score (nSPS) is 15.9. The minimum atomic E-state index is -3.48. The maximum Gasteiger partial charge on any atom is 0.212 e. The number of nitrogens with two attached hydrogens (primary N) is 1. The Balaban J connectivity index is 4.77. The quantitative estimate of drug-likeness (QED) is 0.661. The van der Waals surface area contributed by atoms with Crippen molar-refractivity contribution in [2.45, 2.75) is 31.4 Å². The molecule has 0 unspecified atom stereocenters. The standard InChI is InChI=1S/C10H19NO2S/c1-4-7-9(6-3)10(8-5-2)14(11,12)13/h4,6,9-10H,1,3,5,7-8H2,2H3,(H2,11,12,13)/t9-,10+/m1/s1. The summed E-state index contributed by atoms with van der Waals surface area (Å²) in [5.41, 5.74) is 0. The first-order valence-electron chi connectivity index (χ1n) is 4.72. The Morgan fingerprint density at radius 1 is 1.43 bits per heavy atom. The fourth-order valence-corrected chi connectivity index (χ4v) is 2.77. The van der Waals surface area contributed by atoms with Gasteiger partial charge >= 0.3 is 0 Å². The molecule has 4 heteroatoms. The molecule has 0 heterocycles. The third-order valence-corrected chi connectivity index (χ3v) is 3.64. The van der Waals surface area contributed by atoms with Crippen LogP contribution in [0.25, 0.3) is 0 Å². The average Bonchev–Trinajstić information content (AvgIpc) is 2.09. The van der Waals surface area contributed by atoms with Gasteiger partial charge in [0, 0.05) is 0 Å². The van der Waals surface area contributed by atoms with Crippen LogP contribution in [-0.2, 0) is 10.0 Å². The van der Waals surface area contributed by atoms with Crippen LogP contribution in [0.1, 0.15) is 26.2 Å². The second-order valence-electron chi connectivity index (χ2n) is 3.34. The Morgan fingerprint density at radius 3 is 2.29 bits per heavy atom. The predicted molar refractivity (Wildman–Crippen MR) is 60.3 cm³/mol. The molecule has 0 saturated carbocycles. The van der Waals surface area contributed by atoms with Crippen LogP contribution in [0.2, 0.25) is 0 Å². The van der Waals surface area contributed by atoms with Crippen LogP contribution in [0.5, 0.6) is 0 Å². The van der Waals surface area contributed by atoms with Crippen LogP contribution in [0.4, 0.5) is 0 Å². The molecule has 0 aliphatic heterocycles. The molecule has 3 nitrogen and oxygen atoms in total. The first-order chi connectivity index (χ1) is 6.47. The van der Waals surface area contributed by atoms with E-state index in [0.717, 1.165) is 6.42 Å². The van der Waals surface area contributed by atoms with E-state index in [1.54, 1.807) is 12.2 Å². The van der Waals surface area contributed by atoms with Gasteiger partial charge in [0.1, 0.15) is 0 Å². The highest BCUT2D eigenvalue weighted by Gasteiger charge is 2.27. The molecule has 0 aliphatic carbocycles. The van der Waals surface area contributed by atoms with Gasteiger partial charge < -0.3 is 0 Å². The zero-order chi connectivity index (χ0) is 11.2. The van der Waals surface area contributed by atoms with Crippen LogP contribution >= 0.6 is 0 Å². The fraction of sp³-hybridized carbons (Fsp3) is 0.600. The van der Waals surface area contributed by atoms with Gasteiger partial charge in [0.05, 0.1) is 5.25 Å². The van der Waals surface area contributed by atoms with Gasteiger partial charge in [-0.15, -0.1) is 13.2 Å². The Morgan fingerprint density at radius 2 is 2.00 bits per heavy atom. The molecule has 0 saturated heterocycles. The number of allylic oxidation sites excluding steroid dienone is 2. The van der Waals surface area contributed by atoms with Gasteiger partial charge in [0.25, 0.3) is 0 Å². The maximum atomic E-state index is 11.3.